The smallest absolute Gasteiger partial charge is 0.380 e. The maximum atomic E-state index is 13.9. The molecule has 8 nitrogen and oxygen atoms in total. The molecule has 1 fully saturated rings. The zero-order valence-electron chi connectivity index (χ0n) is 19.9. The van der Waals surface area contributed by atoms with Crippen molar-refractivity contribution in [2.75, 3.05) is 42.7 Å². The number of nitrogens with one attached hydrogen (secondary N) is 2. The Morgan fingerprint density at radius 2 is 1.76 bits per heavy atom. The van der Waals surface area contributed by atoms with Crippen LogP contribution in [0.25, 0.3) is 22.1 Å². The van der Waals surface area contributed by atoms with Crippen molar-refractivity contribution < 1.29 is 31.6 Å². The van der Waals surface area contributed by atoms with Crippen LogP contribution in [0.5, 0.6) is 0 Å². The van der Waals surface area contributed by atoms with Gasteiger partial charge in [0.15, 0.2) is 11.4 Å². The third kappa shape index (κ3) is 5.41. The van der Waals surface area contributed by atoms with E-state index in [0.29, 0.717) is 54.6 Å². The number of hydrogen-bond acceptors (Lipinski definition) is 6. The summed E-state index contributed by atoms with van der Waals surface area (Å²) in [6.07, 6.45) is -4.67. The number of anilines is 3. The number of fused-ring (bicyclic) bond motifs is 1. The van der Waals surface area contributed by atoms with E-state index in [4.69, 9.17) is 15.0 Å². The monoisotopic (exact) mass is 529 g/mol. The molecule has 4 aromatic rings. The summed E-state index contributed by atoms with van der Waals surface area (Å²) in [6.45, 7) is 3.64. The molecule has 0 aliphatic carbocycles. The number of alkyl halides is 3. The Morgan fingerprint density at radius 3 is 2.47 bits per heavy atom. The number of benzene rings is 3. The molecular weight excluding hydrogens is 506 g/mol. The fourth-order valence-corrected chi connectivity index (χ4v) is 4.31. The van der Waals surface area contributed by atoms with Crippen LogP contribution in [0.1, 0.15) is 11.1 Å². The lowest BCUT2D eigenvalue weighted by Gasteiger charge is -2.26. The van der Waals surface area contributed by atoms with E-state index >= 15 is 0 Å². The van der Waals surface area contributed by atoms with Gasteiger partial charge >= 0.3 is 12.2 Å². The third-order valence-electron chi connectivity index (χ3n) is 6.22. The second-order valence-corrected chi connectivity index (χ2v) is 8.78. The molecule has 5 rings (SSSR count). The molecule has 4 N–H and O–H groups in total. The third-order valence-corrected chi connectivity index (χ3v) is 6.22. The van der Waals surface area contributed by atoms with Crippen LogP contribution in [0.15, 0.2) is 59.1 Å². The topological polar surface area (TPSA) is 106 Å². The lowest BCUT2D eigenvalue weighted by atomic mass is 9.98. The lowest BCUT2D eigenvalue weighted by molar-refractivity contribution is -0.137. The normalized spacial score (nSPS) is 14.5. The van der Waals surface area contributed by atoms with E-state index in [1.807, 2.05) is 12.1 Å². The van der Waals surface area contributed by atoms with E-state index in [2.05, 4.69) is 20.7 Å². The van der Waals surface area contributed by atoms with Gasteiger partial charge in [0.1, 0.15) is 5.82 Å². The minimum atomic E-state index is -4.67. The highest BCUT2D eigenvalue weighted by Crippen LogP contribution is 2.36. The Balaban J connectivity index is 1.32. The molecular formula is C26H23F4N5O3. The number of ether oxygens (including phenoxy) is 1. The van der Waals surface area contributed by atoms with Crippen molar-refractivity contribution in [1.29, 1.82) is 0 Å². The van der Waals surface area contributed by atoms with Crippen LogP contribution in [0, 0.1) is 5.82 Å². The first-order chi connectivity index (χ1) is 18.2. The summed E-state index contributed by atoms with van der Waals surface area (Å²) < 4.78 is 63.7. The van der Waals surface area contributed by atoms with Crippen molar-refractivity contribution in [2.24, 2.45) is 0 Å². The Hall–Kier alpha value is -4.16. The SMILES string of the molecule is Nc1noc2c(CN3CCOCC3)ccc(-c3ccc(NC(=O)Nc4cc(C(F)(F)F)ccc4F)cc3)c12. The molecule has 2 heterocycles. The molecule has 12 heteroatoms. The van der Waals surface area contributed by atoms with E-state index in [1.54, 1.807) is 24.3 Å². The highest BCUT2D eigenvalue weighted by Gasteiger charge is 2.31. The molecule has 0 radical (unpaired) electrons. The number of urea groups is 1. The number of carbonyl (C=O) groups is 1. The number of amides is 2. The number of halogens is 4. The van der Waals surface area contributed by atoms with E-state index in [-0.39, 0.29) is 5.82 Å². The van der Waals surface area contributed by atoms with Crippen LogP contribution >= 0.6 is 0 Å². The summed E-state index contributed by atoms with van der Waals surface area (Å²) in [5.41, 5.74) is 7.92. The van der Waals surface area contributed by atoms with Crippen LogP contribution in [0.4, 0.5) is 39.5 Å². The first kappa shape index (κ1) is 25.5. The van der Waals surface area contributed by atoms with Crippen LogP contribution < -0.4 is 16.4 Å². The quantitative estimate of drug-likeness (QED) is 0.286. The molecule has 0 unspecified atom stereocenters. The predicted molar refractivity (Wildman–Crippen MR) is 134 cm³/mol. The number of nitrogens with two attached hydrogens (primary N) is 1. The van der Waals surface area contributed by atoms with Crippen LogP contribution in [0.2, 0.25) is 0 Å². The van der Waals surface area contributed by atoms with Crippen LogP contribution in [-0.4, -0.2) is 42.4 Å². The average Bonchev–Trinajstić information content (AvgIpc) is 3.28. The number of nitrogen functional groups attached to an aromatic ring is 1. The second-order valence-electron chi connectivity index (χ2n) is 8.78. The number of hydrogen-bond donors (Lipinski definition) is 3. The van der Waals surface area contributed by atoms with Gasteiger partial charge in [-0.1, -0.05) is 29.4 Å². The second kappa shape index (κ2) is 10.3. The molecule has 2 amide bonds. The molecule has 0 atom stereocenters. The van der Waals surface area contributed by atoms with Gasteiger partial charge in [-0.05, 0) is 41.5 Å². The van der Waals surface area contributed by atoms with Gasteiger partial charge in [0, 0.05) is 30.9 Å². The standard InChI is InChI=1S/C26H23F4N5O3/c27-20-8-4-17(26(28,29)30)13-21(20)33-25(36)32-18-5-1-15(2-6-18)19-7-3-16(14-35-9-11-37-12-10-35)23-22(19)24(31)34-38-23/h1-8,13H,9-12,14H2,(H2,31,34)(H2,32,33,36). The summed E-state index contributed by atoms with van der Waals surface area (Å²) >= 11 is 0. The molecule has 0 bridgehead atoms. The summed E-state index contributed by atoms with van der Waals surface area (Å²) in [5, 5.41) is 9.22. The number of rotatable bonds is 5. The lowest BCUT2D eigenvalue weighted by Crippen LogP contribution is -2.35. The zero-order valence-corrected chi connectivity index (χ0v) is 19.9. The maximum absolute atomic E-state index is 13.9. The molecule has 0 saturated carbocycles. The van der Waals surface area contributed by atoms with Crippen LogP contribution in [-0.2, 0) is 17.5 Å². The minimum absolute atomic E-state index is 0.253. The first-order valence-electron chi connectivity index (χ1n) is 11.7. The van der Waals surface area contributed by atoms with E-state index in [1.165, 1.54) is 0 Å². The Kier molecular flexibility index (Phi) is 6.91. The van der Waals surface area contributed by atoms with Gasteiger partial charge in [-0.25, -0.2) is 9.18 Å². The Bertz CT molecular complexity index is 1460. The number of aromatic nitrogens is 1. The summed E-state index contributed by atoms with van der Waals surface area (Å²) in [4.78, 5) is 14.6. The van der Waals surface area contributed by atoms with Gasteiger partial charge in [0.05, 0.1) is 29.9 Å². The van der Waals surface area contributed by atoms with Crippen molar-refractivity contribution >= 4 is 34.2 Å². The van der Waals surface area contributed by atoms with Crippen molar-refractivity contribution in [3.63, 3.8) is 0 Å². The van der Waals surface area contributed by atoms with Crippen molar-refractivity contribution in [2.45, 2.75) is 12.7 Å². The van der Waals surface area contributed by atoms with Gasteiger partial charge in [0.25, 0.3) is 0 Å². The zero-order chi connectivity index (χ0) is 26.9. The van der Waals surface area contributed by atoms with Gasteiger partial charge in [0.2, 0.25) is 0 Å². The number of morpholine rings is 1. The van der Waals surface area contributed by atoms with E-state index in [9.17, 15) is 22.4 Å². The molecule has 198 valence electrons. The molecule has 0 spiro atoms. The molecule has 1 saturated heterocycles. The van der Waals surface area contributed by atoms with E-state index < -0.39 is 29.3 Å². The molecule has 1 aliphatic heterocycles. The van der Waals surface area contributed by atoms with Gasteiger partial charge in [-0.3, -0.25) is 4.90 Å². The Labute approximate surface area is 214 Å². The fraction of sp³-hybridized carbons (Fsp3) is 0.231. The highest BCUT2D eigenvalue weighted by molar-refractivity contribution is 6.03. The van der Waals surface area contributed by atoms with Crippen LogP contribution in [0.3, 0.4) is 0 Å². The van der Waals surface area contributed by atoms with Gasteiger partial charge in [-0.15, -0.1) is 0 Å². The minimum Gasteiger partial charge on any atom is -0.380 e. The predicted octanol–water partition coefficient (Wildman–Crippen LogP) is 5.71. The Morgan fingerprint density at radius 1 is 1.03 bits per heavy atom. The first-order valence-corrected chi connectivity index (χ1v) is 11.7. The van der Waals surface area contributed by atoms with Gasteiger partial charge < -0.3 is 25.6 Å². The largest absolute Gasteiger partial charge is 0.416 e. The van der Waals surface area contributed by atoms with Crippen molar-refractivity contribution in [3.05, 3.63) is 71.5 Å². The summed E-state index contributed by atoms with van der Waals surface area (Å²) in [6, 6.07) is 11.5. The summed E-state index contributed by atoms with van der Waals surface area (Å²) in [7, 11) is 0. The van der Waals surface area contributed by atoms with Crippen molar-refractivity contribution in [3.8, 4) is 11.1 Å². The highest BCUT2D eigenvalue weighted by atomic mass is 19.4. The van der Waals surface area contributed by atoms with Crippen molar-refractivity contribution in [1.82, 2.24) is 10.1 Å². The average molecular weight is 529 g/mol. The number of nitrogens with zero attached hydrogens (tertiary/aromatic N) is 2. The molecule has 38 heavy (non-hydrogen) atoms. The molecule has 3 aromatic carbocycles. The fourth-order valence-electron chi connectivity index (χ4n) is 4.31. The summed E-state index contributed by atoms with van der Waals surface area (Å²) in [5.74, 6) is -0.737. The number of carbonyl (C=O) groups excluding carboxylic acids is 1. The van der Waals surface area contributed by atoms with Gasteiger partial charge in [-0.2, -0.15) is 13.2 Å². The maximum Gasteiger partial charge on any atom is 0.416 e. The molecule has 1 aromatic heterocycles. The van der Waals surface area contributed by atoms with E-state index in [0.717, 1.165) is 29.8 Å². The molecule has 1 aliphatic rings.